The van der Waals surface area contributed by atoms with Crippen molar-refractivity contribution in [1.29, 1.82) is 0 Å². The van der Waals surface area contributed by atoms with E-state index in [2.05, 4.69) is 5.32 Å². The van der Waals surface area contributed by atoms with Gasteiger partial charge in [0.15, 0.2) is 17.6 Å². The second-order valence-electron chi connectivity index (χ2n) is 7.62. The highest BCUT2D eigenvalue weighted by molar-refractivity contribution is 6.06. The summed E-state index contributed by atoms with van der Waals surface area (Å²) in [6, 6.07) is 19.6. The van der Waals surface area contributed by atoms with Crippen LogP contribution in [0.1, 0.15) is 17.3 Å². The second kappa shape index (κ2) is 8.74. The van der Waals surface area contributed by atoms with Crippen molar-refractivity contribution in [1.82, 2.24) is 0 Å². The van der Waals surface area contributed by atoms with Gasteiger partial charge in [0.25, 0.3) is 11.8 Å². The zero-order valence-corrected chi connectivity index (χ0v) is 17.9. The first-order chi connectivity index (χ1) is 16.1. The van der Waals surface area contributed by atoms with Crippen LogP contribution in [0.15, 0.2) is 66.7 Å². The molecule has 2 heterocycles. The Morgan fingerprint density at radius 1 is 1.03 bits per heavy atom. The van der Waals surface area contributed by atoms with Gasteiger partial charge in [-0.15, -0.1) is 0 Å². The van der Waals surface area contributed by atoms with Crippen LogP contribution in [-0.4, -0.2) is 37.9 Å². The van der Waals surface area contributed by atoms with Crippen LogP contribution in [0.3, 0.4) is 0 Å². The Morgan fingerprint density at radius 3 is 2.67 bits per heavy atom. The number of fused-ring (bicyclic) bond motifs is 2. The minimum absolute atomic E-state index is 0.140. The third-order valence-corrected chi connectivity index (χ3v) is 5.39. The minimum atomic E-state index is -0.608. The number of carbonyl (C=O) groups excluding carboxylic acids is 2. The summed E-state index contributed by atoms with van der Waals surface area (Å²) >= 11 is 0. The third kappa shape index (κ3) is 4.27. The molecule has 3 aromatic rings. The lowest BCUT2D eigenvalue weighted by atomic mass is 10.1. The number of nitrogens with one attached hydrogen (secondary N) is 1. The van der Waals surface area contributed by atoms with Gasteiger partial charge in [0.1, 0.15) is 18.1 Å². The topological polar surface area (TPSA) is 86.3 Å². The first kappa shape index (κ1) is 20.7. The van der Waals surface area contributed by atoms with Crippen molar-refractivity contribution in [2.45, 2.75) is 13.0 Å². The zero-order valence-electron chi connectivity index (χ0n) is 17.9. The van der Waals surface area contributed by atoms with Gasteiger partial charge in [-0.1, -0.05) is 18.2 Å². The van der Waals surface area contributed by atoms with E-state index >= 15 is 0 Å². The number of benzene rings is 3. The molecule has 0 spiro atoms. The van der Waals surface area contributed by atoms with E-state index in [1.807, 2.05) is 30.3 Å². The van der Waals surface area contributed by atoms with E-state index in [-0.39, 0.29) is 18.6 Å². The highest BCUT2D eigenvalue weighted by Gasteiger charge is 2.31. The quantitative estimate of drug-likeness (QED) is 0.619. The standard InChI is InChI=1S/C25H22N2O6/c1-16-25(29)27(11-12-30-19-5-3-2-4-6-19)20-14-18(8-10-21(20)33-16)26-24(28)17-7-9-22-23(13-17)32-15-31-22/h2-10,13-14,16H,11-12,15H2,1H3,(H,26,28). The molecular formula is C25H22N2O6. The molecule has 0 bridgehead atoms. The summed E-state index contributed by atoms with van der Waals surface area (Å²) in [5.41, 5.74) is 1.56. The molecule has 3 aromatic carbocycles. The molecule has 33 heavy (non-hydrogen) atoms. The van der Waals surface area contributed by atoms with Gasteiger partial charge in [0, 0.05) is 11.3 Å². The summed E-state index contributed by atoms with van der Waals surface area (Å²) in [4.78, 5) is 27.2. The summed E-state index contributed by atoms with van der Waals surface area (Å²) in [7, 11) is 0. The fraction of sp³-hybridized carbons (Fsp3) is 0.200. The highest BCUT2D eigenvalue weighted by Crippen LogP contribution is 2.37. The fourth-order valence-electron chi connectivity index (χ4n) is 3.73. The van der Waals surface area contributed by atoms with Crippen molar-refractivity contribution in [3.05, 3.63) is 72.3 Å². The molecule has 2 amide bonds. The summed E-state index contributed by atoms with van der Waals surface area (Å²) in [6.07, 6.45) is -0.608. The molecular weight excluding hydrogens is 424 g/mol. The van der Waals surface area contributed by atoms with Gasteiger partial charge in [0.05, 0.1) is 12.2 Å². The summed E-state index contributed by atoms with van der Waals surface area (Å²) < 4.78 is 22.2. The number of nitrogens with zero attached hydrogens (tertiary/aromatic N) is 1. The number of para-hydroxylation sites is 1. The molecule has 1 atom stereocenters. The molecule has 0 aliphatic carbocycles. The molecule has 168 valence electrons. The van der Waals surface area contributed by atoms with Gasteiger partial charge < -0.3 is 29.2 Å². The van der Waals surface area contributed by atoms with Crippen molar-refractivity contribution < 1.29 is 28.5 Å². The van der Waals surface area contributed by atoms with E-state index in [0.717, 1.165) is 5.75 Å². The van der Waals surface area contributed by atoms with Gasteiger partial charge in [-0.3, -0.25) is 9.59 Å². The Hall–Kier alpha value is -4.20. The molecule has 1 N–H and O–H groups in total. The maximum absolute atomic E-state index is 12.8. The van der Waals surface area contributed by atoms with Crippen molar-refractivity contribution in [3.8, 4) is 23.0 Å². The minimum Gasteiger partial charge on any atom is -0.492 e. The lowest BCUT2D eigenvalue weighted by molar-refractivity contribution is -0.125. The van der Waals surface area contributed by atoms with Crippen LogP contribution in [0.4, 0.5) is 11.4 Å². The van der Waals surface area contributed by atoms with Crippen LogP contribution in [0.25, 0.3) is 0 Å². The SMILES string of the molecule is CC1Oc2ccc(NC(=O)c3ccc4c(c3)OCO4)cc2N(CCOc2ccccc2)C1=O. The summed E-state index contributed by atoms with van der Waals surface area (Å²) in [6.45, 7) is 2.51. The van der Waals surface area contributed by atoms with Gasteiger partial charge in [-0.05, 0) is 55.5 Å². The number of anilines is 2. The van der Waals surface area contributed by atoms with Crippen LogP contribution >= 0.6 is 0 Å². The Labute approximate surface area is 190 Å². The number of rotatable bonds is 6. The molecule has 2 aliphatic rings. The molecule has 5 rings (SSSR count). The summed E-state index contributed by atoms with van der Waals surface area (Å²) in [5.74, 6) is 1.98. The Morgan fingerprint density at radius 2 is 1.82 bits per heavy atom. The predicted octanol–water partition coefficient (Wildman–Crippen LogP) is 3.86. The highest BCUT2D eigenvalue weighted by atomic mass is 16.7. The lowest BCUT2D eigenvalue weighted by Gasteiger charge is -2.33. The molecule has 0 fully saturated rings. The Bertz CT molecular complexity index is 1200. The maximum atomic E-state index is 12.8. The van der Waals surface area contributed by atoms with E-state index < -0.39 is 6.10 Å². The van der Waals surface area contributed by atoms with Crippen molar-refractivity contribution in [3.63, 3.8) is 0 Å². The average molecular weight is 446 g/mol. The maximum Gasteiger partial charge on any atom is 0.267 e. The third-order valence-electron chi connectivity index (χ3n) is 5.39. The summed E-state index contributed by atoms with van der Waals surface area (Å²) in [5, 5.41) is 2.87. The van der Waals surface area contributed by atoms with E-state index in [4.69, 9.17) is 18.9 Å². The largest absolute Gasteiger partial charge is 0.492 e. The monoisotopic (exact) mass is 446 g/mol. The van der Waals surface area contributed by atoms with E-state index in [0.29, 0.717) is 47.3 Å². The molecule has 0 saturated carbocycles. The molecule has 0 aromatic heterocycles. The molecule has 8 nitrogen and oxygen atoms in total. The van der Waals surface area contributed by atoms with Crippen molar-refractivity contribution in [2.75, 3.05) is 30.2 Å². The van der Waals surface area contributed by atoms with Crippen LogP contribution < -0.4 is 29.2 Å². The van der Waals surface area contributed by atoms with Crippen LogP contribution in [-0.2, 0) is 4.79 Å². The van der Waals surface area contributed by atoms with Gasteiger partial charge in [-0.25, -0.2) is 0 Å². The normalized spacial score (nSPS) is 16.1. The van der Waals surface area contributed by atoms with E-state index in [1.54, 1.807) is 48.2 Å². The number of ether oxygens (including phenoxy) is 4. The molecule has 0 saturated heterocycles. The second-order valence-corrected chi connectivity index (χ2v) is 7.62. The number of carbonyl (C=O) groups is 2. The Kier molecular flexibility index (Phi) is 5.48. The van der Waals surface area contributed by atoms with Crippen molar-refractivity contribution >= 4 is 23.2 Å². The van der Waals surface area contributed by atoms with Gasteiger partial charge in [0.2, 0.25) is 6.79 Å². The fourth-order valence-corrected chi connectivity index (χ4v) is 3.73. The van der Waals surface area contributed by atoms with Crippen LogP contribution in [0.2, 0.25) is 0 Å². The van der Waals surface area contributed by atoms with Gasteiger partial charge >= 0.3 is 0 Å². The molecule has 1 unspecified atom stereocenters. The molecule has 8 heteroatoms. The first-order valence-electron chi connectivity index (χ1n) is 10.6. The Balaban J connectivity index is 1.33. The van der Waals surface area contributed by atoms with Crippen LogP contribution in [0.5, 0.6) is 23.0 Å². The zero-order chi connectivity index (χ0) is 22.8. The van der Waals surface area contributed by atoms with Crippen molar-refractivity contribution in [2.24, 2.45) is 0 Å². The first-order valence-corrected chi connectivity index (χ1v) is 10.6. The van der Waals surface area contributed by atoms with Crippen LogP contribution in [0, 0.1) is 0 Å². The number of hydrogen-bond donors (Lipinski definition) is 1. The average Bonchev–Trinajstić information content (AvgIpc) is 3.30. The molecule has 0 radical (unpaired) electrons. The van der Waals surface area contributed by atoms with Gasteiger partial charge in [-0.2, -0.15) is 0 Å². The van der Waals surface area contributed by atoms with E-state index in [1.165, 1.54) is 0 Å². The smallest absolute Gasteiger partial charge is 0.267 e. The number of hydrogen-bond acceptors (Lipinski definition) is 6. The lowest BCUT2D eigenvalue weighted by Crippen LogP contribution is -2.46. The number of amides is 2. The van der Waals surface area contributed by atoms with E-state index in [9.17, 15) is 9.59 Å². The molecule has 2 aliphatic heterocycles. The predicted molar refractivity (Wildman–Crippen MR) is 121 cm³/mol.